The number of hydrogen-bond donors (Lipinski definition) is 0. The molecular formula is C26H36N4O3. The average molecular weight is 453 g/mol. The SMILES string of the molecule is CCc1nccn1CCC(=O)N1CCCOc2cccc(c2)CCC2CCCCN2C(=O)C1. The number of nitrogens with zero attached hydrogens (tertiary/aromatic N) is 4. The highest BCUT2D eigenvalue weighted by Crippen LogP contribution is 2.23. The molecule has 7 heteroatoms. The molecule has 2 amide bonds. The Morgan fingerprint density at radius 3 is 2.97 bits per heavy atom. The van der Waals surface area contributed by atoms with Crippen molar-refractivity contribution in [3.8, 4) is 5.75 Å². The standard InChI is InChI=1S/C26H36N4O3/c1-2-24-27-13-17-28(24)16-12-25(31)29-14-6-18-33-23-9-5-7-21(19-23)10-11-22-8-3-4-15-30(22)26(32)20-29/h5,7,9,13,17,19,22H,2-4,6,8,10-12,14-16,18,20H2,1H3. The predicted molar refractivity (Wildman–Crippen MR) is 127 cm³/mol. The predicted octanol–water partition coefficient (Wildman–Crippen LogP) is 3.46. The summed E-state index contributed by atoms with van der Waals surface area (Å²) in [5.74, 6) is 1.95. The Kier molecular flexibility index (Phi) is 8.02. The smallest absolute Gasteiger partial charge is 0.242 e. The maximum Gasteiger partial charge on any atom is 0.242 e. The van der Waals surface area contributed by atoms with Crippen molar-refractivity contribution in [2.24, 2.45) is 0 Å². The molecule has 1 saturated heterocycles. The number of fused-ring (bicyclic) bond motifs is 3. The van der Waals surface area contributed by atoms with Gasteiger partial charge in [-0.15, -0.1) is 0 Å². The Morgan fingerprint density at radius 2 is 2.09 bits per heavy atom. The van der Waals surface area contributed by atoms with Crippen molar-refractivity contribution in [1.29, 1.82) is 0 Å². The zero-order valence-electron chi connectivity index (χ0n) is 19.7. The number of piperidine rings is 1. The van der Waals surface area contributed by atoms with Gasteiger partial charge in [0.1, 0.15) is 11.6 Å². The van der Waals surface area contributed by atoms with Crippen molar-refractivity contribution in [2.75, 3.05) is 26.2 Å². The van der Waals surface area contributed by atoms with Crippen molar-refractivity contribution >= 4 is 11.8 Å². The molecule has 1 unspecified atom stereocenters. The Hall–Kier alpha value is -2.83. The Morgan fingerprint density at radius 1 is 1.18 bits per heavy atom. The molecule has 3 heterocycles. The number of rotatable bonds is 4. The van der Waals surface area contributed by atoms with Gasteiger partial charge in [-0.3, -0.25) is 9.59 Å². The third kappa shape index (κ3) is 6.15. The summed E-state index contributed by atoms with van der Waals surface area (Å²) in [6.07, 6.45) is 10.7. The van der Waals surface area contributed by atoms with Crippen molar-refractivity contribution < 1.29 is 14.3 Å². The third-order valence-corrected chi connectivity index (χ3v) is 6.82. The van der Waals surface area contributed by atoms with Crippen molar-refractivity contribution in [3.63, 3.8) is 0 Å². The number of benzene rings is 1. The number of amides is 2. The average Bonchev–Trinajstić information content (AvgIpc) is 3.30. The molecular weight excluding hydrogens is 416 g/mol. The molecule has 1 aromatic heterocycles. The lowest BCUT2D eigenvalue weighted by Crippen LogP contribution is -2.49. The molecule has 2 aromatic rings. The number of ether oxygens (including phenoxy) is 1. The van der Waals surface area contributed by atoms with Crippen molar-refractivity contribution in [2.45, 2.75) is 70.9 Å². The summed E-state index contributed by atoms with van der Waals surface area (Å²) in [5, 5.41) is 0. The molecule has 1 fully saturated rings. The zero-order chi connectivity index (χ0) is 23.0. The van der Waals surface area contributed by atoms with E-state index in [0.29, 0.717) is 32.5 Å². The largest absolute Gasteiger partial charge is 0.494 e. The van der Waals surface area contributed by atoms with Crippen LogP contribution in [0.2, 0.25) is 0 Å². The van der Waals surface area contributed by atoms with E-state index in [1.807, 2.05) is 27.8 Å². The second-order valence-corrected chi connectivity index (χ2v) is 9.08. The van der Waals surface area contributed by atoms with Gasteiger partial charge in [-0.25, -0.2) is 4.98 Å². The quantitative estimate of drug-likeness (QED) is 0.713. The second-order valence-electron chi connectivity index (χ2n) is 9.08. The molecule has 0 N–H and O–H groups in total. The number of aryl methyl sites for hydroxylation is 3. The summed E-state index contributed by atoms with van der Waals surface area (Å²) in [5.41, 5.74) is 1.25. The molecule has 7 nitrogen and oxygen atoms in total. The van der Waals surface area contributed by atoms with Crippen LogP contribution in [-0.2, 0) is 29.0 Å². The zero-order valence-corrected chi connectivity index (χ0v) is 19.7. The van der Waals surface area contributed by atoms with Gasteiger partial charge in [0.05, 0.1) is 13.2 Å². The molecule has 2 aliphatic rings. The maximum atomic E-state index is 13.3. The lowest BCUT2D eigenvalue weighted by Gasteiger charge is -2.37. The fourth-order valence-electron chi connectivity index (χ4n) is 4.98. The minimum Gasteiger partial charge on any atom is -0.494 e. The molecule has 0 saturated carbocycles. The van der Waals surface area contributed by atoms with Gasteiger partial charge >= 0.3 is 0 Å². The van der Waals surface area contributed by atoms with E-state index in [2.05, 4.69) is 24.0 Å². The van der Waals surface area contributed by atoms with Gasteiger partial charge in [-0.2, -0.15) is 0 Å². The van der Waals surface area contributed by atoms with E-state index in [4.69, 9.17) is 4.74 Å². The monoisotopic (exact) mass is 452 g/mol. The number of carbonyl (C=O) groups is 2. The summed E-state index contributed by atoms with van der Waals surface area (Å²) >= 11 is 0. The second kappa shape index (κ2) is 11.3. The van der Waals surface area contributed by atoms with Gasteiger partial charge in [-0.1, -0.05) is 19.1 Å². The number of carbonyl (C=O) groups excluding carboxylic acids is 2. The molecule has 0 spiro atoms. The van der Waals surface area contributed by atoms with E-state index in [-0.39, 0.29) is 24.4 Å². The van der Waals surface area contributed by atoms with E-state index in [9.17, 15) is 9.59 Å². The Balaban J connectivity index is 1.47. The highest BCUT2D eigenvalue weighted by Gasteiger charge is 2.29. The van der Waals surface area contributed by atoms with Crippen LogP contribution in [0.4, 0.5) is 0 Å². The fourth-order valence-corrected chi connectivity index (χ4v) is 4.98. The Bertz CT molecular complexity index is 941. The number of hydrogen-bond acceptors (Lipinski definition) is 4. The lowest BCUT2D eigenvalue weighted by atomic mass is 9.95. The van der Waals surface area contributed by atoms with Gasteiger partial charge in [0, 0.05) is 50.9 Å². The van der Waals surface area contributed by atoms with Crippen LogP contribution < -0.4 is 4.74 Å². The van der Waals surface area contributed by atoms with Crippen LogP contribution >= 0.6 is 0 Å². The molecule has 4 rings (SSSR count). The minimum absolute atomic E-state index is 0.0155. The van der Waals surface area contributed by atoms with Crippen molar-refractivity contribution in [1.82, 2.24) is 19.4 Å². The summed E-state index contributed by atoms with van der Waals surface area (Å²) < 4.78 is 7.98. The van der Waals surface area contributed by atoms with Crippen LogP contribution in [0.3, 0.4) is 0 Å². The maximum absolute atomic E-state index is 13.3. The molecule has 1 atom stereocenters. The first kappa shape index (κ1) is 23.3. The minimum atomic E-state index is 0.0155. The normalized spacial score (nSPS) is 20.0. The van der Waals surface area contributed by atoms with Gasteiger partial charge in [0.2, 0.25) is 11.8 Å². The molecule has 2 bridgehead atoms. The third-order valence-electron chi connectivity index (χ3n) is 6.82. The van der Waals surface area contributed by atoms with E-state index in [1.165, 1.54) is 5.56 Å². The van der Waals surface area contributed by atoms with Gasteiger partial charge in [0.15, 0.2) is 0 Å². The first-order valence-corrected chi connectivity index (χ1v) is 12.4. The summed E-state index contributed by atoms with van der Waals surface area (Å²) in [7, 11) is 0. The van der Waals surface area contributed by atoms with Gasteiger partial charge in [0.25, 0.3) is 0 Å². The fraction of sp³-hybridized carbons (Fsp3) is 0.577. The molecule has 0 radical (unpaired) electrons. The van der Waals surface area contributed by atoms with Crippen LogP contribution in [0.5, 0.6) is 5.75 Å². The van der Waals surface area contributed by atoms with Gasteiger partial charge < -0.3 is 19.1 Å². The molecule has 1 aromatic carbocycles. The van der Waals surface area contributed by atoms with Gasteiger partial charge in [-0.05, 0) is 56.2 Å². The number of aromatic nitrogens is 2. The first-order chi connectivity index (χ1) is 16.1. The van der Waals surface area contributed by atoms with E-state index in [0.717, 1.165) is 56.6 Å². The van der Waals surface area contributed by atoms with E-state index in [1.54, 1.807) is 11.1 Å². The van der Waals surface area contributed by atoms with E-state index < -0.39 is 0 Å². The summed E-state index contributed by atoms with van der Waals surface area (Å²) in [6, 6.07) is 8.52. The van der Waals surface area contributed by atoms with Crippen molar-refractivity contribution in [3.05, 3.63) is 48.0 Å². The summed E-state index contributed by atoms with van der Waals surface area (Å²) in [4.78, 5) is 34.6. The van der Waals surface area contributed by atoms with Crippen LogP contribution in [0.25, 0.3) is 0 Å². The first-order valence-electron chi connectivity index (χ1n) is 12.4. The number of imidazole rings is 1. The summed E-state index contributed by atoms with van der Waals surface area (Å²) in [6.45, 7) is 4.64. The molecule has 33 heavy (non-hydrogen) atoms. The lowest BCUT2D eigenvalue weighted by molar-refractivity contribution is -0.143. The Labute approximate surface area is 196 Å². The van der Waals surface area contributed by atoms with Crippen LogP contribution in [0.15, 0.2) is 36.7 Å². The van der Waals surface area contributed by atoms with Crippen LogP contribution in [0.1, 0.15) is 56.8 Å². The van der Waals surface area contributed by atoms with Crippen LogP contribution in [-0.4, -0.2) is 63.4 Å². The van der Waals surface area contributed by atoms with E-state index >= 15 is 0 Å². The highest BCUT2D eigenvalue weighted by atomic mass is 16.5. The topological polar surface area (TPSA) is 67.7 Å². The molecule has 2 aliphatic heterocycles. The highest BCUT2D eigenvalue weighted by molar-refractivity contribution is 5.85. The molecule has 178 valence electrons. The van der Waals surface area contributed by atoms with Crippen LogP contribution in [0, 0.1) is 0 Å². The molecule has 0 aliphatic carbocycles.